The summed E-state index contributed by atoms with van der Waals surface area (Å²) in [4.78, 5) is 18.4. The minimum absolute atomic E-state index is 0.0849. The molecule has 0 bridgehead atoms. The molecule has 0 amide bonds. The van der Waals surface area contributed by atoms with Crippen molar-refractivity contribution in [2.24, 2.45) is 5.10 Å². The van der Waals surface area contributed by atoms with E-state index in [2.05, 4.69) is 37.0 Å². The summed E-state index contributed by atoms with van der Waals surface area (Å²) in [5.74, 6) is 1.86. The number of rotatable bonds is 7. The summed E-state index contributed by atoms with van der Waals surface area (Å²) in [5, 5.41) is 14.0. The fraction of sp³-hybridized carbons (Fsp3) is 0.360. The van der Waals surface area contributed by atoms with Crippen molar-refractivity contribution in [1.82, 2.24) is 9.66 Å². The lowest BCUT2D eigenvalue weighted by molar-refractivity contribution is 0.298. The molecule has 1 aliphatic rings. The molecule has 0 unspecified atom stereocenters. The van der Waals surface area contributed by atoms with Crippen molar-refractivity contribution < 1.29 is 9.47 Å². The number of nitrogens with zero attached hydrogens (tertiary/aromatic N) is 4. The maximum absolute atomic E-state index is 13.5. The van der Waals surface area contributed by atoms with E-state index in [4.69, 9.17) is 19.7 Å². The number of aromatic nitrogens is 2. The second-order valence-electron chi connectivity index (χ2n) is 8.03. The van der Waals surface area contributed by atoms with Crippen LogP contribution >= 0.6 is 31.9 Å². The maximum atomic E-state index is 13.5. The molecule has 0 spiro atoms. The lowest BCUT2D eigenvalue weighted by Gasteiger charge is -2.22. The Balaban J connectivity index is 1.81. The van der Waals surface area contributed by atoms with Gasteiger partial charge in [-0.1, -0.05) is 35.2 Å². The molecule has 176 valence electrons. The molecule has 4 rings (SSSR count). The Morgan fingerprint density at radius 1 is 1.18 bits per heavy atom. The quantitative estimate of drug-likeness (QED) is 0.309. The third kappa shape index (κ3) is 5.34. The van der Waals surface area contributed by atoms with Crippen LogP contribution in [-0.4, -0.2) is 29.1 Å². The van der Waals surface area contributed by atoms with Crippen molar-refractivity contribution in [3.05, 3.63) is 61.0 Å². The minimum atomic E-state index is -0.196. The summed E-state index contributed by atoms with van der Waals surface area (Å²) in [5.41, 5.74) is 1.20. The van der Waals surface area contributed by atoms with Gasteiger partial charge in [0.25, 0.3) is 5.56 Å². The number of ether oxygens (including phenoxy) is 2. The van der Waals surface area contributed by atoms with Gasteiger partial charge in [-0.05, 0) is 66.0 Å². The Hall–Kier alpha value is -2.70. The van der Waals surface area contributed by atoms with Crippen LogP contribution in [-0.2, 0) is 0 Å². The lowest BCUT2D eigenvalue weighted by atomic mass is 9.88. The van der Waals surface area contributed by atoms with Gasteiger partial charge in [-0.3, -0.25) is 4.79 Å². The fourth-order valence-electron chi connectivity index (χ4n) is 4.16. The van der Waals surface area contributed by atoms with Crippen molar-refractivity contribution in [2.75, 3.05) is 13.2 Å². The van der Waals surface area contributed by atoms with E-state index in [0.29, 0.717) is 44.9 Å². The first-order chi connectivity index (χ1) is 16.5. The molecule has 34 heavy (non-hydrogen) atoms. The molecule has 7 nitrogen and oxygen atoms in total. The van der Waals surface area contributed by atoms with Crippen LogP contribution in [0, 0.1) is 11.3 Å². The monoisotopic (exact) mass is 586 g/mol. The third-order valence-corrected chi connectivity index (χ3v) is 6.95. The van der Waals surface area contributed by atoms with Crippen LogP contribution in [0.15, 0.2) is 49.2 Å². The van der Waals surface area contributed by atoms with Crippen LogP contribution in [0.1, 0.15) is 56.3 Å². The van der Waals surface area contributed by atoms with Crippen LogP contribution in [0.5, 0.6) is 11.5 Å². The van der Waals surface area contributed by atoms with Crippen LogP contribution in [0.2, 0.25) is 0 Å². The first-order valence-electron chi connectivity index (χ1n) is 11.2. The molecule has 1 fully saturated rings. The molecule has 1 heterocycles. The summed E-state index contributed by atoms with van der Waals surface area (Å²) >= 11 is 6.99. The summed E-state index contributed by atoms with van der Waals surface area (Å²) in [6.45, 7) is 2.23. The van der Waals surface area contributed by atoms with E-state index in [1.165, 1.54) is 11.1 Å². The second-order valence-corrected chi connectivity index (χ2v) is 9.80. The molecule has 0 radical (unpaired) electrons. The van der Waals surface area contributed by atoms with Crippen molar-refractivity contribution in [3.8, 4) is 17.6 Å². The lowest BCUT2D eigenvalue weighted by Crippen LogP contribution is -2.25. The Morgan fingerprint density at radius 3 is 2.68 bits per heavy atom. The zero-order valence-corrected chi connectivity index (χ0v) is 21.9. The largest absolute Gasteiger partial charge is 0.490 e. The van der Waals surface area contributed by atoms with Crippen molar-refractivity contribution in [2.45, 2.75) is 44.9 Å². The molecular formula is C25H24Br2N4O3. The van der Waals surface area contributed by atoms with E-state index in [9.17, 15) is 4.79 Å². The van der Waals surface area contributed by atoms with Gasteiger partial charge in [-0.2, -0.15) is 15.0 Å². The summed E-state index contributed by atoms with van der Waals surface area (Å²) in [7, 11) is 0. The summed E-state index contributed by atoms with van der Waals surface area (Å²) in [6.07, 6.45) is 7.06. The van der Waals surface area contributed by atoms with E-state index in [1.54, 1.807) is 24.4 Å². The van der Waals surface area contributed by atoms with Gasteiger partial charge in [-0.15, -0.1) is 0 Å². The van der Waals surface area contributed by atoms with Gasteiger partial charge in [-0.25, -0.2) is 4.98 Å². The van der Waals surface area contributed by atoms with E-state index in [1.807, 2.05) is 25.1 Å². The molecule has 0 saturated heterocycles. The Labute approximate surface area is 214 Å². The molecule has 9 heteroatoms. The zero-order valence-electron chi connectivity index (χ0n) is 18.8. The maximum Gasteiger partial charge on any atom is 0.282 e. The van der Waals surface area contributed by atoms with Crippen LogP contribution < -0.4 is 15.0 Å². The van der Waals surface area contributed by atoms with Crippen molar-refractivity contribution >= 4 is 49.0 Å². The van der Waals surface area contributed by atoms with Crippen LogP contribution in [0.3, 0.4) is 0 Å². The fourth-order valence-corrected chi connectivity index (χ4v) is 4.95. The third-order valence-electron chi connectivity index (χ3n) is 5.77. The van der Waals surface area contributed by atoms with Crippen molar-refractivity contribution in [3.63, 3.8) is 0 Å². The molecule has 0 N–H and O–H groups in total. The molecule has 1 aliphatic carbocycles. The number of halogens is 2. The molecular weight excluding hydrogens is 564 g/mol. The SMILES string of the molecule is CCOc1cc(C=Nn2c(C3CCCCC3)nc3ccc(Br)cc3c2=O)c(Br)cc1OCC#N. The van der Waals surface area contributed by atoms with E-state index >= 15 is 0 Å². The van der Waals surface area contributed by atoms with Crippen LogP contribution in [0.25, 0.3) is 10.9 Å². The first kappa shape index (κ1) is 24.4. The average molecular weight is 588 g/mol. The normalized spacial score (nSPS) is 14.4. The molecule has 2 aromatic carbocycles. The summed E-state index contributed by atoms with van der Waals surface area (Å²) < 4.78 is 14.1. The molecule has 3 aromatic rings. The first-order valence-corrected chi connectivity index (χ1v) is 12.8. The van der Waals surface area contributed by atoms with E-state index in [-0.39, 0.29) is 18.1 Å². The van der Waals surface area contributed by atoms with E-state index < -0.39 is 0 Å². The van der Waals surface area contributed by atoms with Gasteiger partial charge in [0.2, 0.25) is 0 Å². The van der Waals surface area contributed by atoms with Gasteiger partial charge in [0, 0.05) is 20.4 Å². The molecule has 1 saturated carbocycles. The Morgan fingerprint density at radius 2 is 1.94 bits per heavy atom. The second kappa shape index (κ2) is 11.2. The standard InChI is InChI=1S/C25H24Br2N4O3/c1-2-33-22-12-17(20(27)14-23(22)34-11-10-28)15-29-31-24(16-6-4-3-5-7-16)30-21-9-8-18(26)13-19(21)25(31)32/h8-9,12-16H,2-7,11H2,1H3. The number of fused-ring (bicyclic) bond motifs is 1. The van der Waals surface area contributed by atoms with Gasteiger partial charge in [0.15, 0.2) is 18.1 Å². The Bertz CT molecular complexity index is 1320. The smallest absolute Gasteiger partial charge is 0.282 e. The van der Waals surface area contributed by atoms with Gasteiger partial charge >= 0.3 is 0 Å². The van der Waals surface area contributed by atoms with Crippen molar-refractivity contribution in [1.29, 1.82) is 5.26 Å². The average Bonchev–Trinajstić information content (AvgIpc) is 2.85. The number of benzene rings is 2. The molecule has 0 aliphatic heterocycles. The minimum Gasteiger partial charge on any atom is -0.490 e. The van der Waals surface area contributed by atoms with Crippen LogP contribution in [0.4, 0.5) is 0 Å². The number of nitriles is 1. The predicted molar refractivity (Wildman–Crippen MR) is 139 cm³/mol. The molecule has 1 aromatic heterocycles. The molecule has 0 atom stereocenters. The van der Waals surface area contributed by atoms with E-state index in [0.717, 1.165) is 30.2 Å². The van der Waals surface area contributed by atoms with Gasteiger partial charge in [0.1, 0.15) is 11.9 Å². The summed E-state index contributed by atoms with van der Waals surface area (Å²) in [6, 6.07) is 11.0. The number of hydrogen-bond acceptors (Lipinski definition) is 6. The van der Waals surface area contributed by atoms with Gasteiger partial charge < -0.3 is 9.47 Å². The number of hydrogen-bond donors (Lipinski definition) is 0. The Kier molecular flexibility index (Phi) is 8.01. The highest BCUT2D eigenvalue weighted by Crippen LogP contribution is 2.34. The zero-order chi connectivity index (χ0) is 24.1. The predicted octanol–water partition coefficient (Wildman–Crippen LogP) is 6.15. The highest BCUT2D eigenvalue weighted by molar-refractivity contribution is 9.10. The topological polar surface area (TPSA) is 89.5 Å². The highest BCUT2D eigenvalue weighted by Gasteiger charge is 2.22. The highest BCUT2D eigenvalue weighted by atomic mass is 79.9. The van der Waals surface area contributed by atoms with Gasteiger partial charge in [0.05, 0.1) is 23.7 Å².